The van der Waals surface area contributed by atoms with Gasteiger partial charge in [0.05, 0.1) is 18.8 Å². The molecule has 1 amide bonds. The molecule has 17 heavy (non-hydrogen) atoms. The largest absolute Gasteiger partial charge is 0.379 e. The first-order chi connectivity index (χ1) is 8.36. The molecule has 0 aromatic carbocycles. The summed E-state index contributed by atoms with van der Waals surface area (Å²) in [6, 6.07) is -0.0100. The van der Waals surface area contributed by atoms with Gasteiger partial charge in [0.15, 0.2) is 0 Å². The van der Waals surface area contributed by atoms with E-state index in [-0.39, 0.29) is 18.1 Å². The van der Waals surface area contributed by atoms with Crippen LogP contribution in [0.5, 0.6) is 0 Å². The van der Waals surface area contributed by atoms with Crippen LogP contribution in [0.25, 0.3) is 0 Å². The molecule has 2 heterocycles. The van der Waals surface area contributed by atoms with E-state index < -0.39 is 0 Å². The lowest BCUT2D eigenvalue weighted by Crippen LogP contribution is -2.42. The minimum atomic E-state index is -0.0100. The molecule has 2 atom stereocenters. The second-order valence-electron chi connectivity index (χ2n) is 4.27. The molecule has 98 valence electrons. The van der Waals surface area contributed by atoms with Crippen LogP contribution >= 0.6 is 11.8 Å². The van der Waals surface area contributed by atoms with Gasteiger partial charge in [0.1, 0.15) is 0 Å². The third-order valence-electron chi connectivity index (χ3n) is 2.89. The zero-order chi connectivity index (χ0) is 11.9. The van der Waals surface area contributed by atoms with Crippen molar-refractivity contribution in [2.75, 3.05) is 38.0 Å². The van der Waals surface area contributed by atoms with Gasteiger partial charge in [-0.2, -0.15) is 0 Å². The van der Waals surface area contributed by atoms with Crippen LogP contribution in [0.1, 0.15) is 12.8 Å². The maximum Gasteiger partial charge on any atom is 0.238 e. The van der Waals surface area contributed by atoms with E-state index in [0.29, 0.717) is 13.2 Å². The van der Waals surface area contributed by atoms with E-state index in [0.717, 1.165) is 37.7 Å². The van der Waals surface area contributed by atoms with Crippen LogP contribution in [0.3, 0.4) is 0 Å². The van der Waals surface area contributed by atoms with Gasteiger partial charge in [-0.05, 0) is 12.8 Å². The van der Waals surface area contributed by atoms with Crippen molar-refractivity contribution in [3.63, 3.8) is 0 Å². The summed E-state index contributed by atoms with van der Waals surface area (Å²) in [6.07, 6.45) is 2.12. The molecule has 2 aliphatic rings. The molecule has 2 aliphatic heterocycles. The molecule has 5 nitrogen and oxygen atoms in total. The fraction of sp³-hybridized carbons (Fsp3) is 0.909. The van der Waals surface area contributed by atoms with Crippen molar-refractivity contribution in [2.45, 2.75) is 25.0 Å². The zero-order valence-corrected chi connectivity index (χ0v) is 10.8. The monoisotopic (exact) mass is 260 g/mol. The number of carbonyl (C=O) groups excluding carboxylic acids is 1. The summed E-state index contributed by atoms with van der Waals surface area (Å²) in [5, 5.41) is 6.07. The molecular formula is C11H20N2O3S. The predicted octanol–water partition coefficient (Wildman–Crippen LogP) is -0.0393. The van der Waals surface area contributed by atoms with E-state index in [1.165, 1.54) is 0 Å². The summed E-state index contributed by atoms with van der Waals surface area (Å²) < 4.78 is 10.8. The van der Waals surface area contributed by atoms with Gasteiger partial charge in [-0.25, -0.2) is 0 Å². The van der Waals surface area contributed by atoms with Gasteiger partial charge in [-0.3, -0.25) is 10.1 Å². The number of amides is 1. The third kappa shape index (κ3) is 4.46. The Morgan fingerprint density at radius 2 is 2.53 bits per heavy atom. The summed E-state index contributed by atoms with van der Waals surface area (Å²) >= 11 is 1.76. The van der Waals surface area contributed by atoms with Crippen molar-refractivity contribution < 1.29 is 14.3 Å². The highest BCUT2D eigenvalue weighted by Crippen LogP contribution is 2.09. The summed E-state index contributed by atoms with van der Waals surface area (Å²) in [5.41, 5.74) is 0. The van der Waals surface area contributed by atoms with Crippen LogP contribution in [0, 0.1) is 0 Å². The minimum Gasteiger partial charge on any atom is -0.379 e. The van der Waals surface area contributed by atoms with E-state index in [2.05, 4.69) is 10.6 Å². The normalized spacial score (nSPS) is 28.5. The molecule has 0 aromatic rings. The van der Waals surface area contributed by atoms with Crippen molar-refractivity contribution in [3.05, 3.63) is 0 Å². The molecule has 0 aromatic heterocycles. The summed E-state index contributed by atoms with van der Waals surface area (Å²) in [7, 11) is 0. The quantitative estimate of drug-likeness (QED) is 0.656. The van der Waals surface area contributed by atoms with E-state index in [1.807, 2.05) is 0 Å². The fourth-order valence-electron chi connectivity index (χ4n) is 1.86. The minimum absolute atomic E-state index is 0.0100. The molecule has 2 N–H and O–H groups in total. The number of thioether (sulfide) groups is 1. The number of hydrogen-bond acceptors (Lipinski definition) is 5. The third-order valence-corrected chi connectivity index (χ3v) is 3.83. The number of rotatable bonds is 6. The lowest BCUT2D eigenvalue weighted by Gasteiger charge is -2.12. The smallest absolute Gasteiger partial charge is 0.238 e. The first-order valence-electron chi connectivity index (χ1n) is 6.14. The molecule has 0 aliphatic carbocycles. The van der Waals surface area contributed by atoms with Crippen LogP contribution in [0.15, 0.2) is 0 Å². The topological polar surface area (TPSA) is 59.6 Å². The fourth-order valence-corrected chi connectivity index (χ4v) is 2.81. The second-order valence-corrected chi connectivity index (χ2v) is 5.30. The molecule has 2 rings (SSSR count). The van der Waals surface area contributed by atoms with Crippen molar-refractivity contribution in [2.24, 2.45) is 0 Å². The standard InChI is InChI=1S/C11H20N2O3S/c14-11(10-7-17-8-13-10)12-3-1-4-16-9-2-5-15-6-9/h9-10,13H,1-8H2,(H,12,14). The first-order valence-corrected chi connectivity index (χ1v) is 7.30. The highest BCUT2D eigenvalue weighted by molar-refractivity contribution is 7.99. The van der Waals surface area contributed by atoms with Gasteiger partial charge in [-0.1, -0.05) is 0 Å². The van der Waals surface area contributed by atoms with Crippen LogP contribution < -0.4 is 10.6 Å². The Balaban J connectivity index is 1.46. The Bertz CT molecular complexity index is 241. The Morgan fingerprint density at radius 3 is 3.24 bits per heavy atom. The lowest BCUT2D eigenvalue weighted by molar-refractivity contribution is -0.122. The average Bonchev–Trinajstić information content (AvgIpc) is 3.01. The van der Waals surface area contributed by atoms with Gasteiger partial charge in [-0.15, -0.1) is 11.8 Å². The van der Waals surface area contributed by atoms with Gasteiger partial charge >= 0.3 is 0 Å². The summed E-state index contributed by atoms with van der Waals surface area (Å²) in [6.45, 7) is 2.92. The maximum absolute atomic E-state index is 11.6. The summed E-state index contributed by atoms with van der Waals surface area (Å²) in [4.78, 5) is 11.6. The number of carbonyl (C=O) groups is 1. The molecule has 2 unspecified atom stereocenters. The van der Waals surface area contributed by atoms with Gasteiger partial charge in [0.25, 0.3) is 0 Å². The molecule has 2 saturated heterocycles. The number of nitrogens with one attached hydrogen (secondary N) is 2. The van der Waals surface area contributed by atoms with Crippen LogP contribution in [-0.4, -0.2) is 56.0 Å². The Hall–Kier alpha value is -0.300. The SMILES string of the molecule is O=C(NCCCOC1CCOC1)C1CSCN1. The predicted molar refractivity (Wildman–Crippen MR) is 67.1 cm³/mol. The van der Waals surface area contributed by atoms with E-state index >= 15 is 0 Å². The number of hydrogen-bond donors (Lipinski definition) is 2. The zero-order valence-electron chi connectivity index (χ0n) is 9.94. The van der Waals surface area contributed by atoms with E-state index in [1.54, 1.807) is 11.8 Å². The first kappa shape index (κ1) is 13.1. The molecule has 6 heteroatoms. The van der Waals surface area contributed by atoms with Crippen molar-refractivity contribution in [3.8, 4) is 0 Å². The Kier molecular flexibility index (Phi) is 5.57. The highest BCUT2D eigenvalue weighted by atomic mass is 32.2. The second kappa shape index (κ2) is 7.20. The summed E-state index contributed by atoms with van der Waals surface area (Å²) in [5.74, 6) is 1.86. The molecule has 0 radical (unpaired) electrons. The Morgan fingerprint density at radius 1 is 1.59 bits per heavy atom. The van der Waals surface area contributed by atoms with Crippen LogP contribution in [0.2, 0.25) is 0 Å². The van der Waals surface area contributed by atoms with Crippen molar-refractivity contribution >= 4 is 17.7 Å². The molecule has 0 spiro atoms. The van der Waals surface area contributed by atoms with Gasteiger partial charge in [0.2, 0.25) is 5.91 Å². The average molecular weight is 260 g/mol. The molecule has 2 fully saturated rings. The van der Waals surface area contributed by atoms with Crippen LogP contribution in [-0.2, 0) is 14.3 Å². The van der Waals surface area contributed by atoms with Crippen molar-refractivity contribution in [1.29, 1.82) is 0 Å². The Labute approximate surface area is 106 Å². The van der Waals surface area contributed by atoms with Gasteiger partial charge < -0.3 is 14.8 Å². The molecular weight excluding hydrogens is 240 g/mol. The van der Waals surface area contributed by atoms with E-state index in [4.69, 9.17) is 9.47 Å². The number of ether oxygens (including phenoxy) is 2. The van der Waals surface area contributed by atoms with Crippen molar-refractivity contribution in [1.82, 2.24) is 10.6 Å². The molecule has 0 saturated carbocycles. The van der Waals surface area contributed by atoms with E-state index in [9.17, 15) is 4.79 Å². The lowest BCUT2D eigenvalue weighted by atomic mass is 10.3. The maximum atomic E-state index is 11.6. The highest BCUT2D eigenvalue weighted by Gasteiger charge is 2.21. The van der Waals surface area contributed by atoms with Crippen LogP contribution in [0.4, 0.5) is 0 Å². The molecule has 0 bridgehead atoms. The van der Waals surface area contributed by atoms with Gasteiger partial charge in [0, 0.05) is 31.4 Å².